The summed E-state index contributed by atoms with van der Waals surface area (Å²) in [7, 11) is 1.52. The number of rotatable bonds is 7. The van der Waals surface area contributed by atoms with E-state index in [4.69, 9.17) is 19.0 Å². The first kappa shape index (κ1) is 27.7. The Balaban J connectivity index is 1.08. The molecule has 0 bridgehead atoms. The number of hydrogen-bond donors (Lipinski definition) is 1. The van der Waals surface area contributed by atoms with Crippen LogP contribution in [-0.2, 0) is 29.0 Å². The lowest BCUT2D eigenvalue weighted by Crippen LogP contribution is -2.45. The van der Waals surface area contributed by atoms with Crippen LogP contribution in [0.25, 0.3) is 0 Å². The maximum Gasteiger partial charge on any atom is 0.363 e. The van der Waals surface area contributed by atoms with Crippen molar-refractivity contribution in [3.05, 3.63) is 95.3 Å². The number of carbonyl (C=O) groups excluding carboxylic acids is 2. The van der Waals surface area contributed by atoms with E-state index in [0.717, 1.165) is 30.7 Å². The molecule has 4 heterocycles. The fourth-order valence-corrected chi connectivity index (χ4v) is 5.76. The number of nitrogens with one attached hydrogen (secondary N) is 1. The highest BCUT2D eigenvalue weighted by atomic mass is 16.7. The normalized spacial score (nSPS) is 17.0. The van der Waals surface area contributed by atoms with Crippen LogP contribution in [0.1, 0.15) is 33.6 Å². The molecule has 0 saturated heterocycles. The molecule has 1 unspecified atom stereocenters. The van der Waals surface area contributed by atoms with Gasteiger partial charge in [-0.1, -0.05) is 24.3 Å². The Morgan fingerprint density at radius 1 is 1.02 bits per heavy atom. The van der Waals surface area contributed by atoms with Gasteiger partial charge in [0.15, 0.2) is 17.3 Å². The van der Waals surface area contributed by atoms with Gasteiger partial charge in [-0.05, 0) is 60.7 Å². The molecule has 0 saturated carbocycles. The third-order valence-electron chi connectivity index (χ3n) is 7.98. The molecule has 2 aromatic heterocycles. The zero-order chi connectivity index (χ0) is 30.0. The van der Waals surface area contributed by atoms with E-state index in [0.29, 0.717) is 60.2 Å². The lowest BCUT2D eigenvalue weighted by Gasteiger charge is -2.35. The van der Waals surface area contributed by atoms with E-state index < -0.39 is 5.97 Å². The number of fused-ring (bicyclic) bond motifs is 3. The number of pyridine rings is 2. The largest absolute Gasteiger partial charge is 0.486 e. The second-order valence-electron chi connectivity index (χ2n) is 10.8. The molecule has 11 nitrogen and oxygen atoms in total. The molecule has 0 radical (unpaired) electrons. The predicted molar refractivity (Wildman–Crippen MR) is 161 cm³/mol. The molecule has 44 heavy (non-hydrogen) atoms. The number of amides is 1. The number of aromatic nitrogens is 2. The second kappa shape index (κ2) is 11.8. The molecule has 2 aromatic carbocycles. The van der Waals surface area contributed by atoms with Gasteiger partial charge in [0.1, 0.15) is 25.4 Å². The van der Waals surface area contributed by atoms with Crippen LogP contribution in [0.3, 0.4) is 0 Å². The zero-order valence-electron chi connectivity index (χ0n) is 24.2. The minimum atomic E-state index is -0.560. The van der Waals surface area contributed by atoms with Crippen LogP contribution in [0.15, 0.2) is 72.9 Å². The Hall–Kier alpha value is -5.16. The van der Waals surface area contributed by atoms with Crippen molar-refractivity contribution in [2.45, 2.75) is 31.8 Å². The fraction of sp³-hybridized carbons (Fsp3) is 0.273. The minimum absolute atomic E-state index is 0.156. The highest BCUT2D eigenvalue weighted by molar-refractivity contribution is 6.07. The van der Waals surface area contributed by atoms with Gasteiger partial charge in [0.25, 0.3) is 5.91 Å². The number of ether oxygens (including phenoxy) is 3. The van der Waals surface area contributed by atoms with Crippen LogP contribution in [0.2, 0.25) is 0 Å². The van der Waals surface area contributed by atoms with E-state index in [9.17, 15) is 9.59 Å². The summed E-state index contributed by atoms with van der Waals surface area (Å²) in [6.45, 7) is 1.56. The van der Waals surface area contributed by atoms with Crippen molar-refractivity contribution in [1.82, 2.24) is 15.3 Å². The average Bonchev–Trinajstić information content (AvgIpc) is 3.07. The number of hydroxylamine groups is 1. The van der Waals surface area contributed by atoms with Crippen molar-refractivity contribution in [2.24, 2.45) is 0 Å². The van der Waals surface area contributed by atoms with Crippen LogP contribution >= 0.6 is 0 Å². The Kier molecular flexibility index (Phi) is 7.45. The Labute approximate surface area is 254 Å². The number of nitrogens with zero attached hydrogens (tertiary/aromatic N) is 4. The maximum atomic E-state index is 13.6. The molecule has 1 atom stereocenters. The van der Waals surface area contributed by atoms with E-state index in [-0.39, 0.29) is 12.5 Å². The van der Waals surface area contributed by atoms with E-state index in [2.05, 4.69) is 27.4 Å². The van der Waals surface area contributed by atoms with Crippen molar-refractivity contribution >= 4 is 29.1 Å². The number of hydrogen-bond acceptors (Lipinski definition) is 10. The third kappa shape index (κ3) is 5.49. The first-order valence-corrected chi connectivity index (χ1v) is 14.6. The summed E-state index contributed by atoms with van der Waals surface area (Å²) < 4.78 is 16.6. The minimum Gasteiger partial charge on any atom is -0.486 e. The lowest BCUT2D eigenvalue weighted by atomic mass is 9.87. The maximum absolute atomic E-state index is 13.6. The molecular formula is C33H31N5O6. The summed E-state index contributed by atoms with van der Waals surface area (Å²) in [5, 5.41) is 4.93. The molecule has 224 valence electrons. The number of methoxy groups -OCH3 is 1. The molecule has 2 aliphatic heterocycles. The van der Waals surface area contributed by atoms with E-state index >= 15 is 0 Å². The second-order valence-corrected chi connectivity index (χ2v) is 10.8. The van der Waals surface area contributed by atoms with Crippen LogP contribution in [0, 0.1) is 0 Å². The van der Waals surface area contributed by atoms with Gasteiger partial charge >= 0.3 is 5.97 Å². The summed E-state index contributed by atoms with van der Waals surface area (Å²) in [6, 6.07) is 20.4. The van der Waals surface area contributed by atoms with E-state index in [1.165, 1.54) is 23.3 Å². The van der Waals surface area contributed by atoms with Gasteiger partial charge in [-0.15, -0.1) is 0 Å². The van der Waals surface area contributed by atoms with E-state index in [1.54, 1.807) is 47.5 Å². The Morgan fingerprint density at radius 2 is 1.86 bits per heavy atom. The summed E-state index contributed by atoms with van der Waals surface area (Å²) in [5.41, 5.74) is 4.91. The average molecular weight is 594 g/mol. The highest BCUT2D eigenvalue weighted by Gasteiger charge is 2.35. The molecule has 0 fully saturated rings. The molecule has 7 rings (SSSR count). The zero-order valence-corrected chi connectivity index (χ0v) is 24.2. The first-order chi connectivity index (χ1) is 21.6. The van der Waals surface area contributed by atoms with Crippen molar-refractivity contribution in [3.63, 3.8) is 0 Å². The van der Waals surface area contributed by atoms with Crippen LogP contribution in [0.4, 0.5) is 17.2 Å². The summed E-state index contributed by atoms with van der Waals surface area (Å²) in [4.78, 5) is 42.7. The Bertz CT molecular complexity index is 1710. The highest BCUT2D eigenvalue weighted by Crippen LogP contribution is 2.40. The fourth-order valence-electron chi connectivity index (χ4n) is 5.76. The van der Waals surface area contributed by atoms with Crippen molar-refractivity contribution in [3.8, 4) is 17.4 Å². The SMILES string of the molecule is COc1ccc2c(n1)N(c1ccc3c(c1)CCC(NCc1cc4c(cn1)OCCO4)C3)C(=O)CN2OC(=O)c1ccccc1. The third-order valence-corrected chi connectivity index (χ3v) is 7.98. The summed E-state index contributed by atoms with van der Waals surface area (Å²) >= 11 is 0. The van der Waals surface area contributed by atoms with Crippen LogP contribution in [0.5, 0.6) is 17.4 Å². The Morgan fingerprint density at radius 3 is 2.70 bits per heavy atom. The van der Waals surface area contributed by atoms with Gasteiger partial charge in [0.2, 0.25) is 5.88 Å². The monoisotopic (exact) mass is 593 g/mol. The van der Waals surface area contributed by atoms with Gasteiger partial charge in [-0.3, -0.25) is 14.7 Å². The molecule has 4 aromatic rings. The molecule has 1 aliphatic carbocycles. The molecule has 1 amide bonds. The summed E-state index contributed by atoms with van der Waals surface area (Å²) in [6.07, 6.45) is 4.39. The van der Waals surface area contributed by atoms with Gasteiger partial charge in [0.05, 0.1) is 30.3 Å². The summed E-state index contributed by atoms with van der Waals surface area (Å²) in [5.74, 6) is 1.27. The van der Waals surface area contributed by atoms with Gasteiger partial charge in [-0.25, -0.2) is 4.79 Å². The molecule has 0 spiro atoms. The van der Waals surface area contributed by atoms with Crippen LogP contribution < -0.4 is 29.5 Å². The van der Waals surface area contributed by atoms with Gasteiger partial charge in [-0.2, -0.15) is 10.0 Å². The molecule has 3 aliphatic rings. The number of benzene rings is 2. The first-order valence-electron chi connectivity index (χ1n) is 14.6. The van der Waals surface area contributed by atoms with Gasteiger partial charge < -0.3 is 24.4 Å². The molecular weight excluding hydrogens is 562 g/mol. The van der Waals surface area contributed by atoms with Crippen molar-refractivity contribution in [2.75, 3.05) is 36.8 Å². The predicted octanol–water partition coefficient (Wildman–Crippen LogP) is 4.16. The topological polar surface area (TPSA) is 115 Å². The number of anilines is 3. The van der Waals surface area contributed by atoms with Gasteiger partial charge in [0, 0.05) is 24.7 Å². The number of aryl methyl sites for hydroxylation is 1. The smallest absolute Gasteiger partial charge is 0.363 e. The standard InChI is InChI=1S/C33H31N5O6/c1-41-30-12-11-27-32(36-30)38(31(39)20-37(27)44-33(40)21-5-3-2-4-6-21)26-10-8-22-15-24(9-7-23(22)16-26)34-18-25-17-28-29(19-35-25)43-14-13-42-28/h2-6,8,10-12,16-17,19,24,34H,7,9,13-15,18,20H2,1H3. The molecule has 11 heteroatoms. The quantitative estimate of drug-likeness (QED) is 0.335. The van der Waals surface area contributed by atoms with Crippen molar-refractivity contribution in [1.29, 1.82) is 0 Å². The lowest BCUT2D eigenvalue weighted by molar-refractivity contribution is -0.117. The molecule has 1 N–H and O–H groups in total. The number of carbonyl (C=O) groups is 2. The van der Waals surface area contributed by atoms with Crippen LogP contribution in [-0.4, -0.2) is 54.8 Å². The van der Waals surface area contributed by atoms with E-state index in [1.807, 2.05) is 18.2 Å². The van der Waals surface area contributed by atoms with Crippen molar-refractivity contribution < 1.29 is 28.6 Å².